The lowest BCUT2D eigenvalue weighted by molar-refractivity contribution is 0.410. The maximum atomic E-state index is 12.9. The molecule has 0 radical (unpaired) electrons. The lowest BCUT2D eigenvalue weighted by Gasteiger charge is -2.06. The van der Waals surface area contributed by atoms with E-state index in [0.717, 1.165) is 0 Å². The molecule has 1 N–H and O–H groups in total. The van der Waals surface area contributed by atoms with E-state index in [-0.39, 0.29) is 5.56 Å². The molecule has 86 valence electrons. The predicted octanol–water partition coefficient (Wildman–Crippen LogP) is 1.73. The Morgan fingerprint density at radius 3 is 3.06 bits per heavy atom. The highest BCUT2D eigenvalue weighted by Gasteiger charge is 2.04. The highest BCUT2D eigenvalue weighted by Crippen LogP contribution is 2.15. The average Bonchev–Trinajstić information content (AvgIpc) is 2.84. The highest BCUT2D eigenvalue weighted by molar-refractivity contribution is 5.57. The lowest BCUT2D eigenvalue weighted by atomic mass is 10.2. The van der Waals surface area contributed by atoms with Crippen molar-refractivity contribution < 1.29 is 8.91 Å². The van der Waals surface area contributed by atoms with Crippen molar-refractivity contribution in [1.29, 1.82) is 5.26 Å². The van der Waals surface area contributed by atoms with Crippen LogP contribution in [0, 0.1) is 17.1 Å². The summed E-state index contributed by atoms with van der Waals surface area (Å²) in [5, 5.41) is 15.5. The van der Waals surface area contributed by atoms with Crippen LogP contribution in [0.25, 0.3) is 0 Å². The highest BCUT2D eigenvalue weighted by atomic mass is 19.1. The van der Waals surface area contributed by atoms with Crippen LogP contribution in [0.1, 0.15) is 11.4 Å². The first-order valence-corrected chi connectivity index (χ1v) is 4.98. The van der Waals surface area contributed by atoms with Gasteiger partial charge in [-0.15, -0.1) is 0 Å². The Balaban J connectivity index is 1.97. The van der Waals surface area contributed by atoms with E-state index in [1.807, 2.05) is 6.07 Å². The molecule has 0 aliphatic carbocycles. The molecule has 17 heavy (non-hydrogen) atoms. The number of hydrogen-bond donors (Lipinski definition) is 1. The van der Waals surface area contributed by atoms with Gasteiger partial charge in [0.1, 0.15) is 11.9 Å². The number of nitrogens with one attached hydrogen (secondary N) is 1. The van der Waals surface area contributed by atoms with Crippen LogP contribution in [0.15, 0.2) is 29.1 Å². The summed E-state index contributed by atoms with van der Waals surface area (Å²) in [4.78, 5) is 3.86. The van der Waals surface area contributed by atoms with Gasteiger partial charge in [0.05, 0.1) is 11.3 Å². The third-order valence-corrected chi connectivity index (χ3v) is 2.17. The Hall–Kier alpha value is -2.42. The van der Waals surface area contributed by atoms with Crippen LogP contribution in [0.3, 0.4) is 0 Å². The Labute approximate surface area is 96.9 Å². The van der Waals surface area contributed by atoms with Crippen LogP contribution in [0.2, 0.25) is 0 Å². The van der Waals surface area contributed by atoms with E-state index in [1.54, 1.807) is 0 Å². The molecule has 0 bridgehead atoms. The molecule has 2 rings (SSSR count). The van der Waals surface area contributed by atoms with Gasteiger partial charge < -0.3 is 9.84 Å². The summed E-state index contributed by atoms with van der Waals surface area (Å²) in [5.41, 5.74) is 0.871. The van der Waals surface area contributed by atoms with Crippen LogP contribution >= 0.6 is 0 Å². The lowest BCUT2D eigenvalue weighted by Crippen LogP contribution is -2.07. The minimum Gasteiger partial charge on any atom is -0.384 e. The van der Waals surface area contributed by atoms with E-state index in [1.165, 1.54) is 24.6 Å². The van der Waals surface area contributed by atoms with Crippen LogP contribution in [-0.2, 0) is 6.42 Å². The van der Waals surface area contributed by atoms with Gasteiger partial charge in [0.25, 0.3) is 0 Å². The van der Waals surface area contributed by atoms with E-state index in [2.05, 4.69) is 20.0 Å². The summed E-state index contributed by atoms with van der Waals surface area (Å²) >= 11 is 0. The molecule has 1 aromatic carbocycles. The number of hydrogen-bond acceptors (Lipinski definition) is 5. The van der Waals surface area contributed by atoms with Crippen molar-refractivity contribution >= 4 is 5.69 Å². The normalized spacial score (nSPS) is 9.88. The fraction of sp³-hybridized carbons (Fsp3) is 0.182. The van der Waals surface area contributed by atoms with Gasteiger partial charge in [-0.1, -0.05) is 5.16 Å². The van der Waals surface area contributed by atoms with Crippen LogP contribution < -0.4 is 5.32 Å². The molecular weight excluding hydrogens is 223 g/mol. The molecule has 0 aliphatic heterocycles. The topological polar surface area (TPSA) is 74.7 Å². The number of aromatic nitrogens is 2. The van der Waals surface area contributed by atoms with Crippen LogP contribution in [0.5, 0.6) is 0 Å². The molecule has 1 heterocycles. The zero-order chi connectivity index (χ0) is 12.1. The average molecular weight is 232 g/mol. The number of nitrogens with zero attached hydrogens (tertiary/aromatic N) is 3. The molecule has 0 saturated heterocycles. The maximum Gasteiger partial charge on any atom is 0.213 e. The second-order valence-electron chi connectivity index (χ2n) is 3.33. The second-order valence-corrected chi connectivity index (χ2v) is 3.33. The van der Waals surface area contributed by atoms with Gasteiger partial charge in [-0.3, -0.25) is 0 Å². The van der Waals surface area contributed by atoms with Crippen molar-refractivity contribution in [3.63, 3.8) is 0 Å². The standard InChI is InChI=1S/C11H9FN4O/c12-9-1-2-10(8(5-9)6-13)14-4-3-11-15-7-17-16-11/h1-2,5,7,14H,3-4H2. The summed E-state index contributed by atoms with van der Waals surface area (Å²) in [6.45, 7) is 0.542. The Kier molecular flexibility index (Phi) is 3.31. The molecule has 6 heteroatoms. The number of nitriles is 1. The van der Waals surface area contributed by atoms with E-state index in [9.17, 15) is 4.39 Å². The quantitative estimate of drug-likeness (QED) is 0.868. The molecule has 5 nitrogen and oxygen atoms in total. The fourth-order valence-corrected chi connectivity index (χ4v) is 1.37. The first-order chi connectivity index (χ1) is 8.29. The predicted molar refractivity (Wildman–Crippen MR) is 57.6 cm³/mol. The van der Waals surface area contributed by atoms with E-state index >= 15 is 0 Å². The largest absolute Gasteiger partial charge is 0.384 e. The van der Waals surface area contributed by atoms with Crippen molar-refractivity contribution in [2.75, 3.05) is 11.9 Å². The number of rotatable bonds is 4. The number of anilines is 1. The summed E-state index contributed by atoms with van der Waals surface area (Å²) in [6, 6.07) is 5.95. The molecule has 2 aromatic rings. The van der Waals surface area contributed by atoms with Gasteiger partial charge in [-0.2, -0.15) is 10.2 Å². The molecule has 0 spiro atoms. The van der Waals surface area contributed by atoms with E-state index in [4.69, 9.17) is 5.26 Å². The zero-order valence-corrected chi connectivity index (χ0v) is 8.85. The minimum atomic E-state index is -0.426. The van der Waals surface area contributed by atoms with Gasteiger partial charge >= 0.3 is 0 Å². The molecule has 1 aromatic heterocycles. The molecule has 0 amide bonds. The Morgan fingerprint density at radius 1 is 1.47 bits per heavy atom. The summed E-state index contributed by atoms with van der Waals surface area (Å²) in [7, 11) is 0. The van der Waals surface area contributed by atoms with Crippen molar-refractivity contribution in [1.82, 2.24) is 10.1 Å². The molecule has 0 aliphatic rings. The molecule has 0 unspecified atom stereocenters. The van der Waals surface area contributed by atoms with Crippen LogP contribution in [-0.4, -0.2) is 16.7 Å². The second kappa shape index (κ2) is 5.07. The monoisotopic (exact) mass is 232 g/mol. The van der Waals surface area contributed by atoms with Crippen molar-refractivity contribution in [3.05, 3.63) is 41.8 Å². The SMILES string of the molecule is N#Cc1cc(F)ccc1NCCc1ncon1. The molecule has 0 saturated carbocycles. The van der Waals surface area contributed by atoms with Crippen LogP contribution in [0.4, 0.5) is 10.1 Å². The van der Waals surface area contributed by atoms with Crippen molar-refractivity contribution in [2.24, 2.45) is 0 Å². The first-order valence-electron chi connectivity index (χ1n) is 4.98. The van der Waals surface area contributed by atoms with E-state index < -0.39 is 5.82 Å². The van der Waals surface area contributed by atoms with Crippen molar-refractivity contribution in [2.45, 2.75) is 6.42 Å². The molecular formula is C11H9FN4O. The summed E-state index contributed by atoms with van der Waals surface area (Å²) in [5.74, 6) is 0.156. The Morgan fingerprint density at radius 2 is 2.35 bits per heavy atom. The number of benzene rings is 1. The van der Waals surface area contributed by atoms with Gasteiger partial charge in [-0.05, 0) is 18.2 Å². The van der Waals surface area contributed by atoms with Gasteiger partial charge in [0, 0.05) is 13.0 Å². The molecule has 0 fully saturated rings. The third kappa shape index (κ3) is 2.78. The van der Waals surface area contributed by atoms with Gasteiger partial charge in [0.2, 0.25) is 6.39 Å². The van der Waals surface area contributed by atoms with Crippen molar-refractivity contribution in [3.8, 4) is 6.07 Å². The minimum absolute atomic E-state index is 0.276. The third-order valence-electron chi connectivity index (χ3n) is 2.17. The number of halogens is 1. The summed E-state index contributed by atoms with van der Waals surface area (Å²) in [6.07, 6.45) is 1.83. The zero-order valence-electron chi connectivity index (χ0n) is 8.85. The Bertz CT molecular complexity index is 533. The first kappa shape index (κ1) is 11.1. The smallest absolute Gasteiger partial charge is 0.213 e. The van der Waals surface area contributed by atoms with E-state index in [0.29, 0.717) is 24.5 Å². The summed E-state index contributed by atoms with van der Waals surface area (Å²) < 4.78 is 17.5. The van der Waals surface area contributed by atoms with Gasteiger partial charge in [-0.25, -0.2) is 4.39 Å². The maximum absolute atomic E-state index is 12.9. The molecule has 0 atom stereocenters. The van der Waals surface area contributed by atoms with Gasteiger partial charge in [0.15, 0.2) is 5.82 Å². The fourth-order valence-electron chi connectivity index (χ4n) is 1.37.